The monoisotopic (exact) mass is 197 g/mol. The fourth-order valence-corrected chi connectivity index (χ4v) is 1.32. The van der Waals surface area contributed by atoms with Crippen molar-refractivity contribution in [3.8, 4) is 0 Å². The molecule has 1 N–H and O–H groups in total. The van der Waals surface area contributed by atoms with Crippen LogP contribution in [0.25, 0.3) is 0 Å². The van der Waals surface area contributed by atoms with Gasteiger partial charge in [0.15, 0.2) is 0 Å². The second kappa shape index (κ2) is 6.56. The highest BCUT2D eigenvalue weighted by molar-refractivity contribution is 4.77. The Bertz CT molecular complexity index is 223. The van der Waals surface area contributed by atoms with Crippen molar-refractivity contribution in [2.45, 2.75) is 13.5 Å². The molecule has 1 rings (SSSR count). The standard InChI is InChI=1S/C10H19N3O/c1-10(9-14-2)8-11-5-7-13-6-3-4-12-13/h3-4,6,10-11H,5,7-9H2,1-2H3. The van der Waals surface area contributed by atoms with Crippen molar-refractivity contribution in [3.05, 3.63) is 18.5 Å². The average Bonchev–Trinajstić information content (AvgIpc) is 2.65. The molecule has 0 spiro atoms. The lowest BCUT2D eigenvalue weighted by Gasteiger charge is -2.11. The van der Waals surface area contributed by atoms with E-state index in [9.17, 15) is 0 Å². The summed E-state index contributed by atoms with van der Waals surface area (Å²) in [6.07, 6.45) is 3.77. The Hall–Kier alpha value is -0.870. The van der Waals surface area contributed by atoms with E-state index < -0.39 is 0 Å². The predicted molar refractivity (Wildman–Crippen MR) is 56.1 cm³/mol. The van der Waals surface area contributed by atoms with Gasteiger partial charge < -0.3 is 10.1 Å². The van der Waals surface area contributed by atoms with Crippen LogP contribution >= 0.6 is 0 Å². The second-order valence-electron chi connectivity index (χ2n) is 3.53. The van der Waals surface area contributed by atoms with Crippen molar-refractivity contribution in [3.63, 3.8) is 0 Å². The van der Waals surface area contributed by atoms with Gasteiger partial charge >= 0.3 is 0 Å². The normalized spacial score (nSPS) is 13.0. The molecule has 1 atom stereocenters. The Balaban J connectivity index is 1.99. The van der Waals surface area contributed by atoms with E-state index in [1.807, 2.05) is 16.9 Å². The number of methoxy groups -OCH3 is 1. The van der Waals surface area contributed by atoms with E-state index in [1.54, 1.807) is 13.3 Å². The fourth-order valence-electron chi connectivity index (χ4n) is 1.32. The van der Waals surface area contributed by atoms with Crippen LogP contribution in [0.4, 0.5) is 0 Å². The van der Waals surface area contributed by atoms with Crippen molar-refractivity contribution in [1.82, 2.24) is 15.1 Å². The molecule has 0 saturated carbocycles. The minimum absolute atomic E-state index is 0.567. The summed E-state index contributed by atoms with van der Waals surface area (Å²) in [6, 6.07) is 1.94. The van der Waals surface area contributed by atoms with Gasteiger partial charge in [-0.2, -0.15) is 5.10 Å². The maximum atomic E-state index is 5.05. The van der Waals surface area contributed by atoms with Gasteiger partial charge in [0.1, 0.15) is 0 Å². The summed E-state index contributed by atoms with van der Waals surface area (Å²) in [5.41, 5.74) is 0. The molecular weight excluding hydrogens is 178 g/mol. The third-order valence-electron chi connectivity index (χ3n) is 2.02. The molecule has 0 aliphatic carbocycles. The molecule has 80 valence electrons. The third-order valence-corrected chi connectivity index (χ3v) is 2.02. The van der Waals surface area contributed by atoms with Crippen LogP contribution in [-0.2, 0) is 11.3 Å². The summed E-state index contributed by atoms with van der Waals surface area (Å²) in [6.45, 7) is 5.86. The molecule has 0 aliphatic heterocycles. The Morgan fingerprint density at radius 1 is 1.57 bits per heavy atom. The van der Waals surface area contributed by atoms with Gasteiger partial charge in [-0.25, -0.2) is 0 Å². The highest BCUT2D eigenvalue weighted by Gasteiger charge is 1.99. The van der Waals surface area contributed by atoms with Gasteiger partial charge in [-0.15, -0.1) is 0 Å². The van der Waals surface area contributed by atoms with E-state index in [1.165, 1.54) is 0 Å². The fraction of sp³-hybridized carbons (Fsp3) is 0.700. The van der Waals surface area contributed by atoms with Crippen LogP contribution in [0.5, 0.6) is 0 Å². The van der Waals surface area contributed by atoms with Crippen molar-refractivity contribution in [2.24, 2.45) is 5.92 Å². The van der Waals surface area contributed by atoms with Crippen molar-refractivity contribution in [1.29, 1.82) is 0 Å². The summed E-state index contributed by atoms with van der Waals surface area (Å²) >= 11 is 0. The molecule has 0 radical (unpaired) electrons. The summed E-state index contributed by atoms with van der Waals surface area (Å²) in [5.74, 6) is 0.567. The van der Waals surface area contributed by atoms with Crippen LogP contribution in [0.2, 0.25) is 0 Å². The predicted octanol–water partition coefficient (Wildman–Crippen LogP) is 0.755. The van der Waals surface area contributed by atoms with E-state index in [4.69, 9.17) is 4.74 Å². The van der Waals surface area contributed by atoms with Crippen LogP contribution in [-0.4, -0.2) is 36.6 Å². The van der Waals surface area contributed by atoms with Gasteiger partial charge in [-0.1, -0.05) is 6.92 Å². The van der Waals surface area contributed by atoms with Crippen LogP contribution in [0.1, 0.15) is 6.92 Å². The zero-order chi connectivity index (χ0) is 10.2. The molecular formula is C10H19N3O. The lowest BCUT2D eigenvalue weighted by Crippen LogP contribution is -2.27. The molecule has 0 aliphatic rings. The summed E-state index contributed by atoms with van der Waals surface area (Å²) in [4.78, 5) is 0. The van der Waals surface area contributed by atoms with E-state index in [2.05, 4.69) is 17.3 Å². The Morgan fingerprint density at radius 3 is 3.07 bits per heavy atom. The lowest BCUT2D eigenvalue weighted by atomic mass is 10.2. The summed E-state index contributed by atoms with van der Waals surface area (Å²) in [5, 5.41) is 7.49. The lowest BCUT2D eigenvalue weighted by molar-refractivity contribution is 0.158. The number of ether oxygens (including phenoxy) is 1. The van der Waals surface area contributed by atoms with Gasteiger partial charge in [0.05, 0.1) is 6.54 Å². The second-order valence-corrected chi connectivity index (χ2v) is 3.53. The number of rotatable bonds is 7. The van der Waals surface area contributed by atoms with Crippen molar-refractivity contribution < 1.29 is 4.74 Å². The number of nitrogens with zero attached hydrogens (tertiary/aromatic N) is 2. The van der Waals surface area contributed by atoms with Crippen LogP contribution in [0.15, 0.2) is 18.5 Å². The number of aromatic nitrogens is 2. The molecule has 0 bridgehead atoms. The minimum atomic E-state index is 0.567. The van der Waals surface area contributed by atoms with Crippen molar-refractivity contribution >= 4 is 0 Å². The SMILES string of the molecule is COCC(C)CNCCn1cccn1. The quantitative estimate of drug-likeness (QED) is 0.656. The maximum Gasteiger partial charge on any atom is 0.0533 e. The summed E-state index contributed by atoms with van der Waals surface area (Å²) in [7, 11) is 1.74. The zero-order valence-electron chi connectivity index (χ0n) is 8.94. The Kier molecular flexibility index (Phi) is 5.25. The van der Waals surface area contributed by atoms with Gasteiger partial charge in [0.25, 0.3) is 0 Å². The first kappa shape index (κ1) is 11.2. The molecule has 1 aromatic rings. The largest absolute Gasteiger partial charge is 0.384 e. The van der Waals surface area contributed by atoms with Crippen LogP contribution in [0, 0.1) is 5.92 Å². The molecule has 14 heavy (non-hydrogen) atoms. The van der Waals surface area contributed by atoms with Gasteiger partial charge in [0, 0.05) is 32.7 Å². The molecule has 0 fully saturated rings. The smallest absolute Gasteiger partial charge is 0.0533 e. The third kappa shape index (κ3) is 4.39. The highest BCUT2D eigenvalue weighted by Crippen LogP contribution is 1.91. The Morgan fingerprint density at radius 2 is 2.43 bits per heavy atom. The molecule has 4 heteroatoms. The first-order chi connectivity index (χ1) is 6.83. The van der Waals surface area contributed by atoms with E-state index in [0.29, 0.717) is 5.92 Å². The van der Waals surface area contributed by atoms with Crippen LogP contribution in [0.3, 0.4) is 0 Å². The average molecular weight is 197 g/mol. The Labute approximate surface area is 85.3 Å². The first-order valence-electron chi connectivity index (χ1n) is 5.00. The van der Waals surface area contributed by atoms with E-state index in [0.717, 1.165) is 26.2 Å². The number of hydrogen-bond acceptors (Lipinski definition) is 3. The minimum Gasteiger partial charge on any atom is -0.384 e. The van der Waals surface area contributed by atoms with E-state index in [-0.39, 0.29) is 0 Å². The summed E-state index contributed by atoms with van der Waals surface area (Å²) < 4.78 is 6.97. The first-order valence-corrected chi connectivity index (χ1v) is 5.00. The molecule has 0 saturated heterocycles. The number of nitrogens with one attached hydrogen (secondary N) is 1. The van der Waals surface area contributed by atoms with Gasteiger partial charge in [-0.3, -0.25) is 4.68 Å². The number of hydrogen-bond donors (Lipinski definition) is 1. The van der Waals surface area contributed by atoms with Gasteiger partial charge in [-0.05, 0) is 18.5 Å². The van der Waals surface area contributed by atoms with Crippen LogP contribution < -0.4 is 5.32 Å². The van der Waals surface area contributed by atoms with Crippen molar-refractivity contribution in [2.75, 3.05) is 26.8 Å². The molecule has 1 unspecified atom stereocenters. The molecule has 4 nitrogen and oxygen atoms in total. The van der Waals surface area contributed by atoms with Gasteiger partial charge in [0.2, 0.25) is 0 Å². The molecule has 0 aromatic carbocycles. The topological polar surface area (TPSA) is 39.1 Å². The molecule has 1 aromatic heterocycles. The highest BCUT2D eigenvalue weighted by atomic mass is 16.5. The zero-order valence-corrected chi connectivity index (χ0v) is 8.94. The molecule has 1 heterocycles. The van der Waals surface area contributed by atoms with E-state index >= 15 is 0 Å². The molecule has 0 amide bonds. The maximum absolute atomic E-state index is 5.05.